The lowest BCUT2D eigenvalue weighted by molar-refractivity contribution is 0.535. The maximum atomic E-state index is 5.90. The number of alkyl halides is 1. The molecule has 23 heavy (non-hydrogen) atoms. The molecule has 0 radical (unpaired) electrons. The molecule has 1 heterocycles. The maximum Gasteiger partial charge on any atom is 0.0943 e. The molecule has 0 N–H and O–H groups in total. The molecule has 0 fully saturated rings. The van der Waals surface area contributed by atoms with Gasteiger partial charge in [-0.3, -0.25) is 4.68 Å². The van der Waals surface area contributed by atoms with Crippen molar-refractivity contribution in [3.8, 4) is 11.3 Å². The molecule has 5 heteroatoms. The van der Waals surface area contributed by atoms with E-state index in [-0.39, 0.29) is 0 Å². The van der Waals surface area contributed by atoms with Crippen molar-refractivity contribution in [1.82, 2.24) is 9.78 Å². The molecule has 1 aromatic heterocycles. The first-order valence-corrected chi connectivity index (χ1v) is 11.2. The number of thioether (sulfide) groups is 1. The average Bonchev–Trinajstić information content (AvgIpc) is 2.98. The third kappa shape index (κ3) is 7.48. The van der Waals surface area contributed by atoms with E-state index in [0.29, 0.717) is 0 Å². The van der Waals surface area contributed by atoms with Crippen molar-refractivity contribution in [2.24, 2.45) is 0 Å². The summed E-state index contributed by atoms with van der Waals surface area (Å²) in [6.45, 7) is 5.39. The highest BCUT2D eigenvalue weighted by atomic mass is 127. The predicted octanol–water partition coefficient (Wildman–Crippen LogP) is 6.95. The molecule has 2 rings (SSSR count). The van der Waals surface area contributed by atoms with Crippen LogP contribution in [0.3, 0.4) is 0 Å². The molecule has 1 aromatic carbocycles. The van der Waals surface area contributed by atoms with Crippen molar-refractivity contribution in [2.45, 2.75) is 51.1 Å². The van der Waals surface area contributed by atoms with E-state index in [1.807, 2.05) is 24.3 Å². The minimum absolute atomic E-state index is 0.759. The molecule has 2 aromatic rings. The molecule has 0 bridgehead atoms. The number of nitrogens with zero attached hydrogens (tertiary/aromatic N) is 2. The van der Waals surface area contributed by atoms with Gasteiger partial charge in [-0.1, -0.05) is 73.0 Å². The van der Waals surface area contributed by atoms with Gasteiger partial charge in [0.15, 0.2) is 0 Å². The molecular weight excluding hydrogens is 439 g/mol. The van der Waals surface area contributed by atoms with Crippen LogP contribution in [0.1, 0.15) is 39.5 Å². The van der Waals surface area contributed by atoms with Crippen LogP contribution in [-0.4, -0.2) is 20.5 Å². The fourth-order valence-corrected chi connectivity index (χ4v) is 3.39. The quantitative estimate of drug-likeness (QED) is 0.251. The second-order valence-corrected chi connectivity index (χ2v) is 7.54. The molecule has 0 saturated carbocycles. The predicted molar refractivity (Wildman–Crippen MR) is 113 cm³/mol. The van der Waals surface area contributed by atoms with Crippen molar-refractivity contribution >= 4 is 46.0 Å². The van der Waals surface area contributed by atoms with Crippen LogP contribution in [0.5, 0.6) is 0 Å². The standard InChI is InChI=1S/C14H17ClN2S.C4H9I/c1-3-4-9-17-14(18-2)10-13(16-17)11-5-7-12(15)8-6-11;1-2-3-4-5/h5-8,10H,3-4,9H2,1-2H3;2-4H2,1H3. The largest absolute Gasteiger partial charge is 0.258 e. The summed E-state index contributed by atoms with van der Waals surface area (Å²) in [4.78, 5) is 0. The number of unbranched alkanes of at least 4 members (excludes halogenated alkanes) is 2. The van der Waals surface area contributed by atoms with E-state index in [1.165, 1.54) is 28.7 Å². The Kier molecular flexibility index (Phi) is 11.1. The van der Waals surface area contributed by atoms with Gasteiger partial charge < -0.3 is 0 Å². The van der Waals surface area contributed by atoms with Gasteiger partial charge in [-0.05, 0) is 41.7 Å². The summed E-state index contributed by atoms with van der Waals surface area (Å²) in [5.74, 6) is 0. The second-order valence-electron chi connectivity index (χ2n) is 5.20. The summed E-state index contributed by atoms with van der Waals surface area (Å²) in [7, 11) is 0. The van der Waals surface area contributed by atoms with Gasteiger partial charge in [0.1, 0.15) is 0 Å². The first-order chi connectivity index (χ1) is 11.2. The number of aryl methyl sites for hydroxylation is 1. The van der Waals surface area contributed by atoms with E-state index >= 15 is 0 Å². The van der Waals surface area contributed by atoms with E-state index < -0.39 is 0 Å². The second kappa shape index (κ2) is 12.2. The summed E-state index contributed by atoms with van der Waals surface area (Å²) in [5.41, 5.74) is 2.14. The lowest BCUT2D eigenvalue weighted by atomic mass is 10.2. The van der Waals surface area contributed by atoms with Crippen molar-refractivity contribution in [2.75, 3.05) is 10.7 Å². The molecule has 0 amide bonds. The van der Waals surface area contributed by atoms with Crippen LogP contribution in [0.25, 0.3) is 11.3 Å². The van der Waals surface area contributed by atoms with Gasteiger partial charge in [0.2, 0.25) is 0 Å². The Balaban J connectivity index is 0.000000463. The fraction of sp³-hybridized carbons (Fsp3) is 0.500. The van der Waals surface area contributed by atoms with Crippen LogP contribution in [-0.2, 0) is 6.54 Å². The van der Waals surface area contributed by atoms with Crippen molar-refractivity contribution in [1.29, 1.82) is 0 Å². The highest BCUT2D eigenvalue weighted by Crippen LogP contribution is 2.25. The molecule has 0 atom stereocenters. The zero-order valence-corrected chi connectivity index (χ0v) is 17.9. The number of aromatic nitrogens is 2. The summed E-state index contributed by atoms with van der Waals surface area (Å²) in [6.07, 6.45) is 7.15. The minimum atomic E-state index is 0.759. The van der Waals surface area contributed by atoms with Gasteiger partial charge in [-0.15, -0.1) is 11.8 Å². The fourth-order valence-electron chi connectivity index (χ4n) is 1.93. The summed E-state index contributed by atoms with van der Waals surface area (Å²) < 4.78 is 3.41. The van der Waals surface area contributed by atoms with Crippen LogP contribution >= 0.6 is 46.0 Å². The SMILES string of the molecule is CCCCI.CCCCn1nc(-c2ccc(Cl)cc2)cc1SC. The van der Waals surface area contributed by atoms with E-state index in [2.05, 4.69) is 58.5 Å². The lowest BCUT2D eigenvalue weighted by Gasteiger charge is -2.03. The van der Waals surface area contributed by atoms with E-state index in [9.17, 15) is 0 Å². The third-order valence-corrected chi connectivity index (χ3v) is 5.06. The first kappa shape index (κ1) is 20.8. The summed E-state index contributed by atoms with van der Waals surface area (Å²) in [6, 6.07) is 9.98. The van der Waals surface area contributed by atoms with Crippen LogP contribution in [0, 0.1) is 0 Å². The summed E-state index contributed by atoms with van der Waals surface area (Å²) in [5, 5.41) is 6.65. The van der Waals surface area contributed by atoms with E-state index in [1.54, 1.807) is 11.8 Å². The monoisotopic (exact) mass is 464 g/mol. The topological polar surface area (TPSA) is 17.8 Å². The molecule has 0 spiro atoms. The number of rotatable bonds is 7. The van der Waals surface area contributed by atoms with Crippen LogP contribution in [0.15, 0.2) is 35.4 Å². The van der Waals surface area contributed by atoms with Crippen LogP contribution < -0.4 is 0 Å². The highest BCUT2D eigenvalue weighted by molar-refractivity contribution is 14.1. The van der Waals surface area contributed by atoms with E-state index in [0.717, 1.165) is 29.2 Å². The minimum Gasteiger partial charge on any atom is -0.258 e. The summed E-state index contributed by atoms with van der Waals surface area (Å²) >= 11 is 10.0. The smallest absolute Gasteiger partial charge is 0.0943 e. The van der Waals surface area contributed by atoms with Gasteiger partial charge in [0, 0.05) is 17.1 Å². The molecular formula is C18H26ClIN2S. The van der Waals surface area contributed by atoms with Gasteiger partial charge in [-0.2, -0.15) is 5.10 Å². The highest BCUT2D eigenvalue weighted by Gasteiger charge is 2.08. The zero-order chi connectivity index (χ0) is 17.1. The zero-order valence-electron chi connectivity index (χ0n) is 14.2. The maximum absolute atomic E-state index is 5.90. The third-order valence-electron chi connectivity index (χ3n) is 3.30. The Morgan fingerprint density at radius 1 is 1.13 bits per heavy atom. The van der Waals surface area contributed by atoms with Crippen molar-refractivity contribution in [3.05, 3.63) is 35.4 Å². The molecule has 128 valence electrons. The Bertz CT molecular complexity index is 553. The average molecular weight is 465 g/mol. The van der Waals surface area contributed by atoms with Gasteiger partial charge in [0.05, 0.1) is 10.7 Å². The van der Waals surface area contributed by atoms with Gasteiger partial charge >= 0.3 is 0 Å². The van der Waals surface area contributed by atoms with Crippen molar-refractivity contribution < 1.29 is 0 Å². The Morgan fingerprint density at radius 2 is 1.78 bits per heavy atom. The normalized spacial score (nSPS) is 10.3. The Hall–Kier alpha value is -0.200. The lowest BCUT2D eigenvalue weighted by Crippen LogP contribution is -2.01. The Morgan fingerprint density at radius 3 is 2.26 bits per heavy atom. The number of benzene rings is 1. The molecule has 0 aliphatic heterocycles. The number of hydrogen-bond donors (Lipinski definition) is 0. The van der Waals surface area contributed by atoms with Crippen LogP contribution in [0.2, 0.25) is 5.02 Å². The van der Waals surface area contributed by atoms with E-state index in [4.69, 9.17) is 11.6 Å². The Labute approximate surface area is 163 Å². The molecule has 2 nitrogen and oxygen atoms in total. The van der Waals surface area contributed by atoms with Gasteiger partial charge in [0.25, 0.3) is 0 Å². The van der Waals surface area contributed by atoms with Crippen molar-refractivity contribution in [3.63, 3.8) is 0 Å². The molecule has 0 saturated heterocycles. The molecule has 0 aliphatic rings. The van der Waals surface area contributed by atoms with Crippen LogP contribution in [0.4, 0.5) is 0 Å². The van der Waals surface area contributed by atoms with Gasteiger partial charge in [-0.25, -0.2) is 0 Å². The number of hydrogen-bond acceptors (Lipinski definition) is 2. The first-order valence-electron chi connectivity index (χ1n) is 8.09. The molecule has 0 aliphatic carbocycles. The number of halogens is 2. The molecule has 0 unspecified atom stereocenters.